The minimum absolute atomic E-state index is 0.0644. The molecule has 0 aliphatic rings. The fraction of sp³-hybridized carbons (Fsp3) is 1.00. The molecule has 1 atom stereocenters. The molecular weight excluding hydrogens is 208 g/mol. The van der Waals surface area contributed by atoms with E-state index in [1.54, 1.807) is 6.92 Å². The van der Waals surface area contributed by atoms with E-state index in [-0.39, 0.29) is 19.1 Å². The van der Waals surface area contributed by atoms with Crippen molar-refractivity contribution in [3.8, 4) is 0 Å². The Kier molecular flexibility index (Phi) is 5.00. The largest absolute Gasteiger partial charge is 0.366 e. The lowest BCUT2D eigenvalue weighted by Crippen LogP contribution is -2.27. The van der Waals surface area contributed by atoms with Crippen LogP contribution in [0.25, 0.3) is 0 Å². The Morgan fingerprint density at radius 3 is 2.21 bits per heavy atom. The molecule has 14 heavy (non-hydrogen) atoms. The van der Waals surface area contributed by atoms with Gasteiger partial charge in [-0.15, -0.1) is 0 Å². The predicted molar refractivity (Wildman–Crippen MR) is 52.2 cm³/mol. The number of hydrogen-bond acceptors (Lipinski definition) is 5. The van der Waals surface area contributed by atoms with E-state index in [1.807, 2.05) is 0 Å². The Morgan fingerprint density at radius 1 is 1.36 bits per heavy atom. The van der Waals surface area contributed by atoms with E-state index in [2.05, 4.69) is 4.18 Å². The molecule has 0 radical (unpaired) electrons. The van der Waals surface area contributed by atoms with Crippen molar-refractivity contribution in [1.82, 2.24) is 0 Å². The molecule has 1 unspecified atom stereocenters. The predicted octanol–water partition coefficient (Wildman–Crippen LogP) is 0.344. The van der Waals surface area contributed by atoms with E-state index in [0.717, 1.165) is 6.26 Å². The zero-order valence-corrected chi connectivity index (χ0v) is 9.80. The van der Waals surface area contributed by atoms with Crippen molar-refractivity contribution in [2.24, 2.45) is 5.92 Å². The van der Waals surface area contributed by atoms with E-state index in [0.29, 0.717) is 0 Å². The maximum Gasteiger partial charge on any atom is 0.264 e. The molecule has 0 rings (SSSR count). The molecule has 0 aromatic carbocycles. The van der Waals surface area contributed by atoms with Gasteiger partial charge in [0.05, 0.1) is 19.5 Å². The molecule has 0 fully saturated rings. The summed E-state index contributed by atoms with van der Waals surface area (Å²) >= 11 is 0. The van der Waals surface area contributed by atoms with Crippen molar-refractivity contribution >= 4 is 10.1 Å². The zero-order chi connectivity index (χ0) is 11.4. The summed E-state index contributed by atoms with van der Waals surface area (Å²) in [6, 6.07) is 0. The van der Waals surface area contributed by atoms with Crippen LogP contribution in [0.5, 0.6) is 0 Å². The van der Waals surface area contributed by atoms with Crippen LogP contribution in [0.15, 0.2) is 0 Å². The summed E-state index contributed by atoms with van der Waals surface area (Å²) < 4.78 is 30.9. The van der Waals surface area contributed by atoms with Gasteiger partial charge in [-0.25, -0.2) is 0 Å². The first kappa shape index (κ1) is 13.8. The molecule has 0 amide bonds. The van der Waals surface area contributed by atoms with Crippen LogP contribution < -0.4 is 0 Å². The fourth-order valence-corrected chi connectivity index (χ4v) is 1.11. The summed E-state index contributed by atoms with van der Waals surface area (Å²) in [5.41, 5.74) is 0. The number of hydrogen-bond donors (Lipinski definition) is 1. The Hall–Kier alpha value is -0.170. The summed E-state index contributed by atoms with van der Waals surface area (Å²) in [7, 11) is -3.39. The van der Waals surface area contributed by atoms with E-state index >= 15 is 0 Å². The minimum Gasteiger partial charge on any atom is -0.366 e. The van der Waals surface area contributed by atoms with E-state index in [1.165, 1.54) is 13.8 Å². The highest BCUT2D eigenvalue weighted by Crippen LogP contribution is 2.07. The van der Waals surface area contributed by atoms with Crippen molar-refractivity contribution in [1.29, 1.82) is 0 Å². The van der Waals surface area contributed by atoms with Gasteiger partial charge in [0.15, 0.2) is 5.79 Å². The Balaban J connectivity index is 3.73. The fourth-order valence-electron chi connectivity index (χ4n) is 0.634. The summed E-state index contributed by atoms with van der Waals surface area (Å²) in [4.78, 5) is 0. The van der Waals surface area contributed by atoms with Gasteiger partial charge in [-0.2, -0.15) is 8.42 Å². The number of ether oxygens (including phenoxy) is 1. The van der Waals surface area contributed by atoms with Crippen molar-refractivity contribution in [3.63, 3.8) is 0 Å². The highest BCUT2D eigenvalue weighted by atomic mass is 32.2. The third-order valence-corrected chi connectivity index (χ3v) is 1.85. The van der Waals surface area contributed by atoms with Crippen LogP contribution in [0.3, 0.4) is 0 Å². The van der Waals surface area contributed by atoms with Crippen LogP contribution in [0.2, 0.25) is 0 Å². The number of aliphatic hydroxyl groups is 1. The van der Waals surface area contributed by atoms with Gasteiger partial charge in [-0.3, -0.25) is 4.18 Å². The normalized spacial score (nSPS) is 15.5. The molecule has 0 saturated heterocycles. The van der Waals surface area contributed by atoms with Gasteiger partial charge in [0, 0.05) is 5.92 Å². The smallest absolute Gasteiger partial charge is 0.264 e. The van der Waals surface area contributed by atoms with Gasteiger partial charge in [0.1, 0.15) is 0 Å². The van der Waals surface area contributed by atoms with Gasteiger partial charge in [0.2, 0.25) is 0 Å². The van der Waals surface area contributed by atoms with Crippen molar-refractivity contribution in [2.45, 2.75) is 26.6 Å². The monoisotopic (exact) mass is 226 g/mol. The van der Waals surface area contributed by atoms with E-state index in [9.17, 15) is 13.5 Å². The van der Waals surface area contributed by atoms with Crippen LogP contribution in [-0.4, -0.2) is 38.8 Å². The lowest BCUT2D eigenvalue weighted by molar-refractivity contribution is -0.183. The van der Waals surface area contributed by atoms with Crippen molar-refractivity contribution < 1.29 is 22.4 Å². The molecule has 6 heteroatoms. The van der Waals surface area contributed by atoms with Gasteiger partial charge >= 0.3 is 0 Å². The van der Waals surface area contributed by atoms with Gasteiger partial charge in [-0.05, 0) is 13.8 Å². The molecular formula is C8H18O5S. The molecule has 0 aromatic heterocycles. The number of rotatable bonds is 6. The Labute approximate surface area is 85.1 Å². The third kappa shape index (κ3) is 9.91. The standard InChI is InChI=1S/C8H18O5S/c1-7(5-12-8(2,3)9)6-13-14(4,10)11/h7,9H,5-6H2,1-4H3. The van der Waals surface area contributed by atoms with Crippen molar-refractivity contribution in [2.75, 3.05) is 19.5 Å². The lowest BCUT2D eigenvalue weighted by Gasteiger charge is -2.20. The van der Waals surface area contributed by atoms with Gasteiger partial charge < -0.3 is 9.84 Å². The van der Waals surface area contributed by atoms with E-state index < -0.39 is 15.9 Å². The highest BCUT2D eigenvalue weighted by Gasteiger charge is 2.15. The van der Waals surface area contributed by atoms with Crippen LogP contribution in [0.4, 0.5) is 0 Å². The maximum atomic E-state index is 10.6. The van der Waals surface area contributed by atoms with Crippen molar-refractivity contribution in [3.05, 3.63) is 0 Å². The summed E-state index contributed by atoms with van der Waals surface area (Å²) in [5, 5.41) is 9.21. The average Bonchev–Trinajstić information content (AvgIpc) is 1.94. The lowest BCUT2D eigenvalue weighted by atomic mass is 10.2. The first-order valence-electron chi connectivity index (χ1n) is 4.31. The summed E-state index contributed by atoms with van der Waals surface area (Å²) in [6.07, 6.45) is 0.997. The van der Waals surface area contributed by atoms with Gasteiger partial charge in [0.25, 0.3) is 10.1 Å². The third-order valence-electron chi connectivity index (χ3n) is 1.29. The molecule has 0 bridgehead atoms. The van der Waals surface area contributed by atoms with Crippen LogP contribution >= 0.6 is 0 Å². The second-order valence-corrected chi connectivity index (χ2v) is 5.50. The van der Waals surface area contributed by atoms with Gasteiger partial charge in [-0.1, -0.05) is 6.92 Å². The molecule has 0 aliphatic carbocycles. The maximum absolute atomic E-state index is 10.6. The highest BCUT2D eigenvalue weighted by molar-refractivity contribution is 7.85. The summed E-state index contributed by atoms with van der Waals surface area (Å²) in [6.45, 7) is 5.11. The first-order valence-corrected chi connectivity index (χ1v) is 6.12. The molecule has 0 spiro atoms. The average molecular weight is 226 g/mol. The Bertz CT molecular complexity index is 251. The second kappa shape index (κ2) is 5.06. The molecule has 86 valence electrons. The molecule has 5 nitrogen and oxygen atoms in total. The Morgan fingerprint density at radius 2 is 1.86 bits per heavy atom. The summed E-state index contributed by atoms with van der Waals surface area (Å²) in [5.74, 6) is -1.28. The van der Waals surface area contributed by atoms with E-state index in [4.69, 9.17) is 4.74 Å². The molecule has 1 N–H and O–H groups in total. The minimum atomic E-state index is -3.39. The molecule has 0 aliphatic heterocycles. The van der Waals surface area contributed by atoms with Crippen LogP contribution in [0.1, 0.15) is 20.8 Å². The van der Waals surface area contributed by atoms with Crippen LogP contribution in [0, 0.1) is 5.92 Å². The second-order valence-electron chi connectivity index (χ2n) is 3.85. The SMILES string of the molecule is CC(COC(C)(C)O)COS(C)(=O)=O. The molecule has 0 heterocycles. The zero-order valence-electron chi connectivity index (χ0n) is 8.98. The molecule has 0 aromatic rings. The quantitative estimate of drug-likeness (QED) is 0.522. The molecule has 0 saturated carbocycles. The first-order chi connectivity index (χ1) is 6.10. The topological polar surface area (TPSA) is 72.8 Å². The van der Waals surface area contributed by atoms with Crippen LogP contribution in [-0.2, 0) is 19.0 Å².